The van der Waals surface area contributed by atoms with E-state index in [0.29, 0.717) is 17.0 Å². The summed E-state index contributed by atoms with van der Waals surface area (Å²) in [5.41, 5.74) is 0.804. The molecule has 0 aliphatic carbocycles. The number of aryl methyl sites for hydroxylation is 1. The number of carbonyl (C=O) groups excluding carboxylic acids is 1. The van der Waals surface area contributed by atoms with Crippen LogP contribution in [0.4, 0.5) is 8.78 Å². The maximum absolute atomic E-state index is 13.8. The number of amides is 1. The summed E-state index contributed by atoms with van der Waals surface area (Å²) in [5, 5.41) is 11.4. The molecule has 0 bridgehead atoms. The average molecular weight is 508 g/mol. The van der Waals surface area contributed by atoms with E-state index in [1.807, 2.05) is 0 Å². The Balaban J connectivity index is 1.80. The molecule has 7 nitrogen and oxygen atoms in total. The van der Waals surface area contributed by atoms with Crippen molar-refractivity contribution < 1.29 is 23.4 Å². The molecule has 0 radical (unpaired) electrons. The highest BCUT2D eigenvalue weighted by atomic mass is 79.9. The molecular weight excluding hydrogens is 488 g/mol. The maximum atomic E-state index is 13.8. The zero-order chi connectivity index (χ0) is 23.3. The van der Waals surface area contributed by atoms with Gasteiger partial charge in [0.2, 0.25) is 5.88 Å². The van der Waals surface area contributed by atoms with Gasteiger partial charge < -0.3 is 15.2 Å². The van der Waals surface area contributed by atoms with Crippen molar-refractivity contribution in [3.63, 3.8) is 0 Å². The summed E-state index contributed by atoms with van der Waals surface area (Å²) in [7, 11) is 0. The van der Waals surface area contributed by atoms with Crippen LogP contribution < -0.4 is 15.6 Å². The number of benzene rings is 2. The first-order chi connectivity index (χ1) is 15.3. The molecule has 0 saturated heterocycles. The van der Waals surface area contributed by atoms with Gasteiger partial charge in [-0.05, 0) is 52.7 Å². The number of hydrogen-bond acceptors (Lipinski definition) is 5. The third kappa shape index (κ3) is 5.57. The first kappa shape index (κ1) is 23.6. The topological polar surface area (TPSA) is 93.5 Å². The number of aliphatic hydroxyl groups excluding tert-OH is 1. The summed E-state index contributed by atoms with van der Waals surface area (Å²) in [4.78, 5) is 29.2. The Labute approximate surface area is 190 Å². The Kier molecular flexibility index (Phi) is 7.70. The highest BCUT2D eigenvalue weighted by molar-refractivity contribution is 9.10. The average Bonchev–Trinajstić information content (AvgIpc) is 2.77. The predicted molar refractivity (Wildman–Crippen MR) is 117 cm³/mol. The number of hydrogen-bond donors (Lipinski definition) is 2. The quantitative estimate of drug-likeness (QED) is 0.488. The van der Waals surface area contributed by atoms with Crippen LogP contribution >= 0.6 is 15.9 Å². The van der Waals surface area contributed by atoms with Crippen LogP contribution in [0.15, 0.2) is 51.7 Å². The van der Waals surface area contributed by atoms with Crippen molar-refractivity contribution in [1.29, 1.82) is 0 Å². The zero-order valence-electron chi connectivity index (χ0n) is 17.1. The Bertz CT molecular complexity index is 1200. The van der Waals surface area contributed by atoms with Crippen LogP contribution in [-0.4, -0.2) is 33.7 Å². The lowest BCUT2D eigenvalue weighted by atomic mass is 10.1. The van der Waals surface area contributed by atoms with E-state index in [4.69, 9.17) is 9.84 Å². The van der Waals surface area contributed by atoms with Crippen molar-refractivity contribution in [1.82, 2.24) is 14.9 Å². The fourth-order valence-electron chi connectivity index (χ4n) is 2.95. The number of nitrogens with one attached hydrogen (secondary N) is 1. The van der Waals surface area contributed by atoms with Crippen LogP contribution in [0.3, 0.4) is 0 Å². The van der Waals surface area contributed by atoms with Crippen molar-refractivity contribution >= 4 is 21.8 Å². The fraction of sp³-hybridized carbons (Fsp3) is 0.227. The minimum Gasteiger partial charge on any atom is -0.472 e. The van der Waals surface area contributed by atoms with Crippen LogP contribution in [0, 0.1) is 18.6 Å². The van der Waals surface area contributed by atoms with E-state index in [9.17, 15) is 18.4 Å². The number of ether oxygens (including phenoxy) is 1. The van der Waals surface area contributed by atoms with Gasteiger partial charge in [0.05, 0.1) is 13.2 Å². The van der Waals surface area contributed by atoms with E-state index in [1.165, 1.54) is 10.6 Å². The lowest BCUT2D eigenvalue weighted by Gasteiger charge is -2.14. The van der Waals surface area contributed by atoms with Gasteiger partial charge >= 0.3 is 0 Å². The first-order valence-corrected chi connectivity index (χ1v) is 10.4. The molecule has 10 heteroatoms. The van der Waals surface area contributed by atoms with Gasteiger partial charge in [-0.1, -0.05) is 12.1 Å². The Morgan fingerprint density at radius 1 is 1.25 bits per heavy atom. The first-order valence-electron chi connectivity index (χ1n) is 9.61. The van der Waals surface area contributed by atoms with Crippen LogP contribution in [0.1, 0.15) is 27.3 Å². The molecular formula is C22H20BrF2N3O4. The van der Waals surface area contributed by atoms with E-state index in [0.717, 1.165) is 12.1 Å². The molecule has 3 rings (SSSR count). The summed E-state index contributed by atoms with van der Waals surface area (Å²) in [6, 6.07) is 9.87. The minimum atomic E-state index is -0.755. The zero-order valence-corrected chi connectivity index (χ0v) is 18.7. The Morgan fingerprint density at radius 2 is 2.03 bits per heavy atom. The molecule has 0 unspecified atom stereocenters. The van der Waals surface area contributed by atoms with Crippen LogP contribution in [0.25, 0.3) is 0 Å². The molecule has 1 aromatic heterocycles. The Hall–Kier alpha value is -3.11. The molecule has 1 amide bonds. The predicted octanol–water partition coefficient (Wildman–Crippen LogP) is 2.94. The summed E-state index contributed by atoms with van der Waals surface area (Å²) in [6.07, 6.45) is 0. The second-order valence-corrected chi connectivity index (χ2v) is 7.67. The van der Waals surface area contributed by atoms with Gasteiger partial charge in [-0.2, -0.15) is 4.98 Å². The minimum absolute atomic E-state index is 0.00962. The molecule has 0 fully saturated rings. The number of nitrogens with zero attached hydrogens (tertiary/aromatic N) is 2. The summed E-state index contributed by atoms with van der Waals surface area (Å²) >= 11 is 3.19. The van der Waals surface area contributed by atoms with Crippen LogP contribution in [-0.2, 0) is 13.2 Å². The van der Waals surface area contributed by atoms with Crippen molar-refractivity contribution in [2.45, 2.75) is 20.1 Å². The van der Waals surface area contributed by atoms with Gasteiger partial charge in [0.25, 0.3) is 11.5 Å². The van der Waals surface area contributed by atoms with E-state index < -0.39 is 17.2 Å². The lowest BCUT2D eigenvalue weighted by Crippen LogP contribution is -2.27. The molecule has 0 saturated carbocycles. The van der Waals surface area contributed by atoms with Crippen LogP contribution in [0.5, 0.6) is 5.88 Å². The second kappa shape index (κ2) is 10.5. The van der Waals surface area contributed by atoms with Crippen molar-refractivity contribution in [2.75, 3.05) is 13.2 Å². The second-order valence-electron chi connectivity index (χ2n) is 6.87. The normalized spacial score (nSPS) is 10.8. The molecule has 0 atom stereocenters. The third-order valence-electron chi connectivity index (χ3n) is 4.58. The largest absolute Gasteiger partial charge is 0.472 e. The third-order valence-corrected chi connectivity index (χ3v) is 5.26. The maximum Gasteiger partial charge on any atom is 0.272 e. The standard InChI is InChI=1S/C22H20BrF2N3O4/c1-13-27-21(32-12-16-5-6-17(24)10-18(16)25)19(23)22(31)28(13)11-14-3-2-4-15(9-14)20(30)26-7-8-29/h2-6,9-10,29H,7-8,11-12H2,1H3,(H,26,30). The van der Waals surface area contributed by atoms with Gasteiger partial charge in [-0.15, -0.1) is 0 Å². The summed E-state index contributed by atoms with van der Waals surface area (Å²) < 4.78 is 33.8. The summed E-state index contributed by atoms with van der Waals surface area (Å²) in [6.45, 7) is 1.52. The van der Waals surface area contributed by atoms with Crippen molar-refractivity contribution in [2.24, 2.45) is 0 Å². The number of carbonyl (C=O) groups is 1. The van der Waals surface area contributed by atoms with Gasteiger partial charge in [0.15, 0.2) is 0 Å². The number of aliphatic hydroxyl groups is 1. The molecule has 3 aromatic rings. The van der Waals surface area contributed by atoms with Crippen molar-refractivity contribution in [3.05, 3.63) is 91.4 Å². The van der Waals surface area contributed by atoms with Gasteiger partial charge in [-0.3, -0.25) is 14.2 Å². The van der Waals surface area contributed by atoms with Crippen LogP contribution in [0.2, 0.25) is 0 Å². The smallest absolute Gasteiger partial charge is 0.272 e. The molecule has 2 N–H and O–H groups in total. The monoisotopic (exact) mass is 507 g/mol. The molecule has 168 valence electrons. The SMILES string of the molecule is Cc1nc(OCc2ccc(F)cc2F)c(Br)c(=O)n1Cc1cccc(C(=O)NCCO)c1. The van der Waals surface area contributed by atoms with E-state index in [1.54, 1.807) is 31.2 Å². The molecule has 0 aliphatic rings. The molecule has 1 heterocycles. The van der Waals surface area contributed by atoms with E-state index in [-0.39, 0.29) is 48.1 Å². The highest BCUT2D eigenvalue weighted by Crippen LogP contribution is 2.21. The summed E-state index contributed by atoms with van der Waals surface area (Å²) in [5.74, 6) is -1.44. The van der Waals surface area contributed by atoms with E-state index >= 15 is 0 Å². The number of rotatable bonds is 8. The molecule has 0 aliphatic heterocycles. The molecule has 32 heavy (non-hydrogen) atoms. The van der Waals surface area contributed by atoms with Gasteiger partial charge in [0, 0.05) is 23.7 Å². The van der Waals surface area contributed by atoms with Gasteiger partial charge in [0.1, 0.15) is 28.5 Å². The number of aromatic nitrogens is 2. The highest BCUT2D eigenvalue weighted by Gasteiger charge is 2.16. The van der Waals surface area contributed by atoms with Crippen molar-refractivity contribution in [3.8, 4) is 5.88 Å². The number of halogens is 3. The lowest BCUT2D eigenvalue weighted by molar-refractivity contribution is 0.0944. The van der Waals surface area contributed by atoms with E-state index in [2.05, 4.69) is 26.2 Å². The molecule has 2 aromatic carbocycles. The fourth-order valence-corrected chi connectivity index (χ4v) is 3.36. The Morgan fingerprint density at radius 3 is 2.75 bits per heavy atom. The molecule has 0 spiro atoms. The van der Waals surface area contributed by atoms with Gasteiger partial charge in [-0.25, -0.2) is 8.78 Å².